The summed E-state index contributed by atoms with van der Waals surface area (Å²) < 4.78 is 2.38. The van der Waals surface area contributed by atoms with E-state index in [2.05, 4.69) is 31.4 Å². The normalized spacial score (nSPS) is 15.4. The van der Waals surface area contributed by atoms with E-state index in [-0.39, 0.29) is 5.91 Å². The monoisotopic (exact) mass is 409 g/mol. The van der Waals surface area contributed by atoms with Crippen molar-refractivity contribution in [2.24, 2.45) is 0 Å². The summed E-state index contributed by atoms with van der Waals surface area (Å²) in [5.74, 6) is 6.98. The second kappa shape index (κ2) is 8.02. The molecule has 1 fully saturated rings. The summed E-state index contributed by atoms with van der Waals surface area (Å²) in [5, 5.41) is 11.9. The van der Waals surface area contributed by atoms with Gasteiger partial charge in [-0.05, 0) is 25.0 Å². The number of nitrogens with one attached hydrogen (secondary N) is 1. The van der Waals surface area contributed by atoms with E-state index in [1.54, 1.807) is 0 Å². The molecule has 1 aliphatic rings. The molecule has 24 heavy (non-hydrogen) atoms. The van der Waals surface area contributed by atoms with Gasteiger partial charge in [-0.2, -0.15) is 0 Å². The maximum absolute atomic E-state index is 12.1. The highest BCUT2D eigenvalue weighted by Gasteiger charge is 2.17. The smallest absolute Gasteiger partial charge is 0.230 e. The van der Waals surface area contributed by atoms with Gasteiger partial charge < -0.3 is 11.2 Å². The van der Waals surface area contributed by atoms with Gasteiger partial charge in [0.1, 0.15) is 0 Å². The summed E-state index contributed by atoms with van der Waals surface area (Å²) in [6.07, 6.45) is 5.83. The van der Waals surface area contributed by atoms with Crippen molar-refractivity contribution < 1.29 is 4.79 Å². The minimum atomic E-state index is 0.0268. The van der Waals surface area contributed by atoms with E-state index in [0.29, 0.717) is 22.8 Å². The number of hydrogen-bond acceptors (Lipinski definition) is 5. The topological polar surface area (TPSA) is 85.8 Å². The SMILES string of the molecule is Nn1c(SCC(=O)NC2CCCCC2)nnc1-c1cccc(Br)c1. The molecule has 1 aromatic carbocycles. The molecular formula is C16H20BrN5OS. The number of carbonyl (C=O) groups is 1. The molecule has 2 aromatic rings. The molecule has 1 saturated carbocycles. The standard InChI is InChI=1S/C16H20BrN5OS/c17-12-6-4-5-11(9-12)15-20-21-16(22(15)18)24-10-14(23)19-13-7-2-1-3-8-13/h4-6,9,13H,1-3,7-8,10,18H2,(H,19,23). The van der Waals surface area contributed by atoms with Gasteiger partial charge in [-0.15, -0.1) is 10.2 Å². The number of nitrogen functional groups attached to an aromatic ring is 1. The number of amides is 1. The Morgan fingerprint density at radius 2 is 2.12 bits per heavy atom. The zero-order valence-electron chi connectivity index (χ0n) is 13.2. The maximum atomic E-state index is 12.1. The van der Waals surface area contributed by atoms with Gasteiger partial charge in [0, 0.05) is 16.1 Å². The highest BCUT2D eigenvalue weighted by atomic mass is 79.9. The van der Waals surface area contributed by atoms with E-state index in [1.165, 1.54) is 35.7 Å². The Morgan fingerprint density at radius 1 is 1.33 bits per heavy atom. The number of rotatable bonds is 5. The lowest BCUT2D eigenvalue weighted by molar-refractivity contribution is -0.119. The first-order chi connectivity index (χ1) is 11.6. The predicted octanol–water partition coefficient (Wildman–Crippen LogP) is 2.96. The van der Waals surface area contributed by atoms with Crippen LogP contribution in [0.1, 0.15) is 32.1 Å². The molecule has 1 aromatic heterocycles. The first kappa shape index (κ1) is 17.3. The lowest BCUT2D eigenvalue weighted by Gasteiger charge is -2.22. The molecule has 1 heterocycles. The zero-order valence-corrected chi connectivity index (χ0v) is 15.6. The molecule has 6 nitrogen and oxygen atoms in total. The van der Waals surface area contributed by atoms with Crippen LogP contribution in [0.15, 0.2) is 33.9 Å². The van der Waals surface area contributed by atoms with Crippen LogP contribution in [0.5, 0.6) is 0 Å². The van der Waals surface area contributed by atoms with E-state index in [0.717, 1.165) is 22.9 Å². The molecule has 0 aliphatic heterocycles. The lowest BCUT2D eigenvalue weighted by atomic mass is 9.95. The number of aromatic nitrogens is 3. The van der Waals surface area contributed by atoms with Crippen molar-refractivity contribution in [2.75, 3.05) is 11.6 Å². The van der Waals surface area contributed by atoms with Gasteiger partial charge in [0.2, 0.25) is 11.1 Å². The predicted molar refractivity (Wildman–Crippen MR) is 99.0 cm³/mol. The van der Waals surface area contributed by atoms with Crippen LogP contribution < -0.4 is 11.2 Å². The molecule has 0 radical (unpaired) electrons. The Morgan fingerprint density at radius 3 is 2.88 bits per heavy atom. The van der Waals surface area contributed by atoms with Crippen LogP contribution in [0.2, 0.25) is 0 Å². The van der Waals surface area contributed by atoms with Crippen LogP contribution in [0.25, 0.3) is 11.4 Å². The molecule has 0 unspecified atom stereocenters. The second-order valence-corrected chi connectivity index (χ2v) is 7.74. The highest BCUT2D eigenvalue weighted by Crippen LogP contribution is 2.24. The fourth-order valence-electron chi connectivity index (χ4n) is 2.85. The molecule has 0 spiro atoms. The van der Waals surface area contributed by atoms with Crippen LogP contribution in [-0.4, -0.2) is 32.6 Å². The summed E-state index contributed by atoms with van der Waals surface area (Å²) in [7, 11) is 0. The summed E-state index contributed by atoms with van der Waals surface area (Å²) >= 11 is 4.74. The highest BCUT2D eigenvalue weighted by molar-refractivity contribution is 9.10. The third kappa shape index (κ3) is 4.30. The number of benzene rings is 1. The number of thioether (sulfide) groups is 1. The van der Waals surface area contributed by atoms with Crippen molar-refractivity contribution in [1.29, 1.82) is 0 Å². The summed E-state index contributed by atoms with van der Waals surface area (Å²) in [6.45, 7) is 0. The van der Waals surface area contributed by atoms with Crippen LogP contribution in [-0.2, 0) is 4.79 Å². The minimum absolute atomic E-state index is 0.0268. The van der Waals surface area contributed by atoms with Crippen molar-refractivity contribution >= 4 is 33.6 Å². The molecule has 1 aliphatic carbocycles. The molecule has 0 atom stereocenters. The Balaban J connectivity index is 1.59. The second-order valence-electron chi connectivity index (χ2n) is 5.88. The maximum Gasteiger partial charge on any atom is 0.230 e. The molecule has 1 amide bonds. The third-order valence-electron chi connectivity index (χ3n) is 4.05. The summed E-state index contributed by atoms with van der Waals surface area (Å²) in [6, 6.07) is 8.02. The Kier molecular flexibility index (Phi) is 5.78. The number of nitrogens with zero attached hydrogens (tertiary/aromatic N) is 3. The third-order valence-corrected chi connectivity index (χ3v) is 5.49. The van der Waals surface area contributed by atoms with Gasteiger partial charge >= 0.3 is 0 Å². The minimum Gasteiger partial charge on any atom is -0.353 e. The molecular weight excluding hydrogens is 390 g/mol. The quantitative estimate of drug-likeness (QED) is 0.585. The Labute approximate surface area is 153 Å². The molecule has 0 bridgehead atoms. The van der Waals surface area contributed by atoms with Crippen LogP contribution in [0, 0.1) is 0 Å². The fourth-order valence-corrected chi connectivity index (χ4v) is 3.91. The van der Waals surface area contributed by atoms with Gasteiger partial charge in [0.05, 0.1) is 5.75 Å². The fraction of sp³-hybridized carbons (Fsp3) is 0.438. The molecule has 3 rings (SSSR count). The number of hydrogen-bond donors (Lipinski definition) is 2. The summed E-state index contributed by atoms with van der Waals surface area (Å²) in [5.41, 5.74) is 0.873. The number of halogens is 1. The first-order valence-corrected chi connectivity index (χ1v) is 9.80. The van der Waals surface area contributed by atoms with Crippen molar-refractivity contribution in [3.8, 4) is 11.4 Å². The van der Waals surface area contributed by atoms with E-state index < -0.39 is 0 Å². The average Bonchev–Trinajstić information content (AvgIpc) is 2.95. The molecule has 128 valence electrons. The Hall–Kier alpha value is -1.54. The van der Waals surface area contributed by atoms with E-state index in [9.17, 15) is 4.79 Å². The van der Waals surface area contributed by atoms with Crippen LogP contribution >= 0.6 is 27.7 Å². The summed E-state index contributed by atoms with van der Waals surface area (Å²) in [4.78, 5) is 12.1. The molecule has 8 heteroatoms. The van der Waals surface area contributed by atoms with Crippen molar-refractivity contribution in [1.82, 2.24) is 20.2 Å². The largest absolute Gasteiger partial charge is 0.353 e. The van der Waals surface area contributed by atoms with Crippen molar-refractivity contribution in [3.63, 3.8) is 0 Å². The average molecular weight is 410 g/mol. The van der Waals surface area contributed by atoms with Gasteiger partial charge in [-0.25, -0.2) is 4.68 Å². The molecule has 0 saturated heterocycles. The van der Waals surface area contributed by atoms with E-state index in [4.69, 9.17) is 5.84 Å². The van der Waals surface area contributed by atoms with Crippen molar-refractivity contribution in [3.05, 3.63) is 28.7 Å². The van der Waals surface area contributed by atoms with Gasteiger partial charge in [0.15, 0.2) is 5.82 Å². The zero-order chi connectivity index (χ0) is 16.9. The van der Waals surface area contributed by atoms with E-state index >= 15 is 0 Å². The van der Waals surface area contributed by atoms with E-state index in [1.807, 2.05) is 24.3 Å². The number of carbonyl (C=O) groups excluding carboxylic acids is 1. The van der Waals surface area contributed by atoms with Crippen molar-refractivity contribution in [2.45, 2.75) is 43.3 Å². The Bertz CT molecular complexity index is 714. The van der Waals surface area contributed by atoms with Gasteiger partial charge in [-0.1, -0.05) is 59.1 Å². The van der Waals surface area contributed by atoms with Crippen LogP contribution in [0.4, 0.5) is 0 Å². The molecule has 3 N–H and O–H groups in total. The lowest BCUT2D eigenvalue weighted by Crippen LogP contribution is -2.37. The first-order valence-electron chi connectivity index (χ1n) is 8.02. The number of nitrogens with two attached hydrogens (primary N) is 1. The van der Waals surface area contributed by atoms with Gasteiger partial charge in [0.25, 0.3) is 0 Å². The van der Waals surface area contributed by atoms with Gasteiger partial charge in [-0.3, -0.25) is 4.79 Å². The van der Waals surface area contributed by atoms with Crippen LogP contribution in [0.3, 0.4) is 0 Å².